The first-order chi connectivity index (χ1) is 9.33. The molecule has 2 nitrogen and oxygen atoms in total. The summed E-state index contributed by atoms with van der Waals surface area (Å²) in [5, 5.41) is 0.982. The van der Waals surface area contributed by atoms with Crippen LogP contribution in [0.25, 0.3) is 10.2 Å². The van der Waals surface area contributed by atoms with Crippen LogP contribution in [0.2, 0.25) is 0 Å². The van der Waals surface area contributed by atoms with E-state index in [2.05, 4.69) is 11.1 Å². The molecule has 1 aliphatic rings. The molecule has 1 aromatic heterocycles. The van der Waals surface area contributed by atoms with E-state index in [4.69, 9.17) is 0 Å². The summed E-state index contributed by atoms with van der Waals surface area (Å²) in [5.74, 6) is 0.690. The number of hydrogen-bond donors (Lipinski definition) is 0. The van der Waals surface area contributed by atoms with E-state index in [1.165, 1.54) is 30.4 Å². The summed E-state index contributed by atoms with van der Waals surface area (Å²) in [6.07, 6.45) is 7.74. The van der Waals surface area contributed by atoms with Crippen LogP contribution < -0.4 is 0 Å². The average molecular weight is 273 g/mol. The fourth-order valence-electron chi connectivity index (χ4n) is 2.89. The van der Waals surface area contributed by atoms with Crippen molar-refractivity contribution in [2.75, 3.05) is 0 Å². The number of hydrogen-bond acceptors (Lipinski definition) is 3. The van der Waals surface area contributed by atoms with Gasteiger partial charge in [0.2, 0.25) is 0 Å². The first-order valence-corrected chi connectivity index (χ1v) is 8.02. The number of thiazole rings is 1. The van der Waals surface area contributed by atoms with Gasteiger partial charge >= 0.3 is 0 Å². The Labute approximate surface area is 117 Å². The van der Waals surface area contributed by atoms with Crippen molar-refractivity contribution >= 4 is 27.3 Å². The number of Topliss-reactive ketones (excluding diaryl/α,β-unsaturated/α-hetero) is 1. The fourth-order valence-corrected chi connectivity index (χ4v) is 3.87. The van der Waals surface area contributed by atoms with E-state index in [1.54, 1.807) is 11.3 Å². The molecule has 1 aromatic carbocycles. The van der Waals surface area contributed by atoms with Crippen molar-refractivity contribution in [3.8, 4) is 0 Å². The maximum atomic E-state index is 12.4. The Morgan fingerprint density at radius 3 is 2.63 bits per heavy atom. The van der Waals surface area contributed by atoms with Gasteiger partial charge in [0, 0.05) is 5.92 Å². The standard InChI is InChI=1S/C16H19NOS/c18-14(12-7-3-1-2-4-8-12)11-16-17-13-9-5-6-10-15(13)19-16/h5-6,9-10,12H,1-4,7-8,11H2. The zero-order chi connectivity index (χ0) is 13.1. The molecule has 1 heterocycles. The molecule has 0 spiro atoms. The van der Waals surface area contributed by atoms with Crippen LogP contribution in [0.15, 0.2) is 24.3 Å². The highest BCUT2D eigenvalue weighted by Gasteiger charge is 2.21. The molecule has 0 aliphatic heterocycles. The van der Waals surface area contributed by atoms with Crippen LogP contribution >= 0.6 is 11.3 Å². The molecule has 1 aliphatic carbocycles. The number of nitrogens with zero attached hydrogens (tertiary/aromatic N) is 1. The van der Waals surface area contributed by atoms with Gasteiger partial charge in [0.25, 0.3) is 0 Å². The van der Waals surface area contributed by atoms with Gasteiger partial charge in [-0.1, -0.05) is 37.8 Å². The molecule has 2 aromatic rings. The Morgan fingerprint density at radius 2 is 1.89 bits per heavy atom. The number of fused-ring (bicyclic) bond motifs is 1. The van der Waals surface area contributed by atoms with Crippen LogP contribution in [-0.2, 0) is 11.2 Å². The molecule has 0 radical (unpaired) electrons. The van der Waals surface area contributed by atoms with E-state index >= 15 is 0 Å². The van der Waals surface area contributed by atoms with Crippen molar-refractivity contribution in [1.82, 2.24) is 4.98 Å². The maximum Gasteiger partial charge on any atom is 0.142 e. The van der Waals surface area contributed by atoms with Crippen molar-refractivity contribution in [3.63, 3.8) is 0 Å². The van der Waals surface area contributed by atoms with E-state index in [1.807, 2.05) is 18.2 Å². The Kier molecular flexibility index (Phi) is 3.92. The van der Waals surface area contributed by atoms with E-state index in [0.717, 1.165) is 23.4 Å². The van der Waals surface area contributed by atoms with Gasteiger partial charge in [0.1, 0.15) is 10.8 Å². The van der Waals surface area contributed by atoms with E-state index in [0.29, 0.717) is 12.2 Å². The Bertz CT molecular complexity index is 534. The monoisotopic (exact) mass is 273 g/mol. The maximum absolute atomic E-state index is 12.4. The molecule has 0 N–H and O–H groups in total. The van der Waals surface area contributed by atoms with Gasteiger partial charge < -0.3 is 0 Å². The van der Waals surface area contributed by atoms with Crippen LogP contribution in [0.3, 0.4) is 0 Å². The zero-order valence-corrected chi connectivity index (χ0v) is 11.9. The summed E-state index contributed by atoms with van der Waals surface area (Å²) < 4.78 is 1.19. The predicted octanol–water partition coefficient (Wildman–Crippen LogP) is 4.38. The molecule has 1 fully saturated rings. The largest absolute Gasteiger partial charge is 0.299 e. The second-order valence-corrected chi connectivity index (χ2v) is 6.52. The molecule has 0 unspecified atom stereocenters. The quantitative estimate of drug-likeness (QED) is 0.777. The molecule has 0 amide bonds. The van der Waals surface area contributed by atoms with Gasteiger partial charge in [-0.05, 0) is 25.0 Å². The summed E-state index contributed by atoms with van der Waals surface area (Å²) in [7, 11) is 0. The third kappa shape index (κ3) is 3.03. The molecular weight excluding hydrogens is 254 g/mol. The first-order valence-electron chi connectivity index (χ1n) is 7.20. The highest BCUT2D eigenvalue weighted by atomic mass is 32.1. The van der Waals surface area contributed by atoms with Crippen molar-refractivity contribution in [2.45, 2.75) is 44.9 Å². The van der Waals surface area contributed by atoms with E-state index < -0.39 is 0 Å². The zero-order valence-electron chi connectivity index (χ0n) is 11.1. The van der Waals surface area contributed by atoms with Crippen LogP contribution in [-0.4, -0.2) is 10.8 Å². The van der Waals surface area contributed by atoms with Crippen molar-refractivity contribution < 1.29 is 4.79 Å². The van der Waals surface area contributed by atoms with Gasteiger partial charge in [0.15, 0.2) is 0 Å². The van der Waals surface area contributed by atoms with Crippen molar-refractivity contribution in [3.05, 3.63) is 29.3 Å². The third-order valence-electron chi connectivity index (χ3n) is 3.97. The van der Waals surface area contributed by atoms with E-state index in [-0.39, 0.29) is 5.92 Å². The number of para-hydroxylation sites is 1. The topological polar surface area (TPSA) is 30.0 Å². The van der Waals surface area contributed by atoms with Gasteiger partial charge in [-0.25, -0.2) is 4.98 Å². The lowest BCUT2D eigenvalue weighted by molar-refractivity contribution is -0.122. The number of benzene rings is 1. The molecule has 100 valence electrons. The van der Waals surface area contributed by atoms with Gasteiger partial charge in [-0.2, -0.15) is 0 Å². The molecule has 0 saturated heterocycles. The van der Waals surface area contributed by atoms with Crippen LogP contribution in [0.1, 0.15) is 43.5 Å². The lowest BCUT2D eigenvalue weighted by Crippen LogP contribution is -2.16. The number of aromatic nitrogens is 1. The van der Waals surface area contributed by atoms with Gasteiger partial charge in [-0.15, -0.1) is 11.3 Å². The number of carbonyl (C=O) groups is 1. The molecule has 3 rings (SSSR count). The number of ketones is 1. The average Bonchev–Trinajstić information content (AvgIpc) is 2.63. The Balaban J connectivity index is 1.71. The minimum absolute atomic E-state index is 0.287. The second kappa shape index (κ2) is 5.83. The molecular formula is C16H19NOS. The summed E-state index contributed by atoms with van der Waals surface area (Å²) in [6.45, 7) is 0. The summed E-state index contributed by atoms with van der Waals surface area (Å²) in [4.78, 5) is 16.9. The fraction of sp³-hybridized carbons (Fsp3) is 0.500. The number of rotatable bonds is 3. The highest BCUT2D eigenvalue weighted by Crippen LogP contribution is 2.27. The smallest absolute Gasteiger partial charge is 0.142 e. The molecule has 1 saturated carbocycles. The minimum atomic E-state index is 0.287. The van der Waals surface area contributed by atoms with Gasteiger partial charge in [0.05, 0.1) is 16.6 Å². The summed E-state index contributed by atoms with van der Waals surface area (Å²) in [6, 6.07) is 8.12. The Hall–Kier alpha value is -1.22. The molecule has 0 atom stereocenters. The number of carbonyl (C=O) groups excluding carboxylic acids is 1. The van der Waals surface area contributed by atoms with Gasteiger partial charge in [-0.3, -0.25) is 4.79 Å². The normalized spacial score (nSPS) is 17.5. The van der Waals surface area contributed by atoms with Crippen molar-refractivity contribution in [1.29, 1.82) is 0 Å². The SMILES string of the molecule is O=C(Cc1nc2ccccc2s1)C1CCCCCC1. The highest BCUT2D eigenvalue weighted by molar-refractivity contribution is 7.18. The summed E-state index contributed by atoms with van der Waals surface area (Å²) >= 11 is 1.66. The lowest BCUT2D eigenvalue weighted by Gasteiger charge is -2.11. The molecule has 3 heteroatoms. The minimum Gasteiger partial charge on any atom is -0.299 e. The first kappa shape index (κ1) is 12.8. The molecule has 19 heavy (non-hydrogen) atoms. The Morgan fingerprint density at radius 1 is 1.16 bits per heavy atom. The predicted molar refractivity (Wildman–Crippen MR) is 79.5 cm³/mol. The van der Waals surface area contributed by atoms with Crippen LogP contribution in [0.5, 0.6) is 0 Å². The third-order valence-corrected chi connectivity index (χ3v) is 5.01. The van der Waals surface area contributed by atoms with Crippen molar-refractivity contribution in [2.24, 2.45) is 5.92 Å². The van der Waals surface area contributed by atoms with E-state index in [9.17, 15) is 4.79 Å². The van der Waals surface area contributed by atoms with Crippen LogP contribution in [0.4, 0.5) is 0 Å². The summed E-state index contributed by atoms with van der Waals surface area (Å²) in [5.41, 5.74) is 1.02. The second-order valence-electron chi connectivity index (χ2n) is 5.41. The molecule has 0 bridgehead atoms. The lowest BCUT2D eigenvalue weighted by atomic mass is 9.94. The van der Waals surface area contributed by atoms with Crippen LogP contribution in [0, 0.1) is 5.92 Å².